The topological polar surface area (TPSA) is 70.0 Å². The Bertz CT molecular complexity index is 535. The van der Waals surface area contributed by atoms with Crippen LogP contribution in [-0.2, 0) is 9.84 Å². The largest absolute Gasteiger partial charge is 0.385 e. The van der Waals surface area contributed by atoms with Crippen molar-refractivity contribution in [1.82, 2.24) is 0 Å². The minimum atomic E-state index is -2.89. The van der Waals surface area contributed by atoms with Crippen LogP contribution in [0.3, 0.4) is 0 Å². The zero-order valence-electron chi connectivity index (χ0n) is 9.40. The van der Waals surface area contributed by atoms with Crippen molar-refractivity contribution in [3.8, 4) is 6.07 Å². The van der Waals surface area contributed by atoms with Crippen LogP contribution in [0.15, 0.2) is 22.7 Å². The maximum Gasteiger partial charge on any atom is 0.147 e. The van der Waals surface area contributed by atoms with Crippen molar-refractivity contribution < 1.29 is 8.42 Å². The monoisotopic (exact) mass is 316 g/mol. The van der Waals surface area contributed by atoms with Crippen molar-refractivity contribution in [3.63, 3.8) is 0 Å². The van der Waals surface area contributed by atoms with E-state index in [2.05, 4.69) is 27.3 Å². The standard InChI is InChI=1S/C11H13BrN2O2S/c1-17(15,16)6-2-5-14-10-4-3-9(8-13)11(12)7-10/h3-4,7,14H,2,5-6H2,1H3. The number of nitriles is 1. The van der Waals surface area contributed by atoms with Gasteiger partial charge in [0.1, 0.15) is 15.9 Å². The van der Waals surface area contributed by atoms with E-state index in [0.717, 1.165) is 10.2 Å². The van der Waals surface area contributed by atoms with Gasteiger partial charge in [0.15, 0.2) is 0 Å². The van der Waals surface area contributed by atoms with Crippen molar-refractivity contribution in [1.29, 1.82) is 5.26 Å². The molecule has 0 saturated heterocycles. The van der Waals surface area contributed by atoms with Gasteiger partial charge in [0.05, 0.1) is 11.3 Å². The normalized spacial score (nSPS) is 10.9. The summed E-state index contributed by atoms with van der Waals surface area (Å²) in [6.45, 7) is 0.589. The van der Waals surface area contributed by atoms with Crippen LogP contribution in [0.5, 0.6) is 0 Å². The van der Waals surface area contributed by atoms with Crippen LogP contribution < -0.4 is 5.32 Å². The molecule has 0 heterocycles. The molecule has 1 rings (SSSR count). The van der Waals surface area contributed by atoms with E-state index in [1.54, 1.807) is 18.2 Å². The Hall–Kier alpha value is -1.06. The van der Waals surface area contributed by atoms with Crippen molar-refractivity contribution in [2.24, 2.45) is 0 Å². The zero-order chi connectivity index (χ0) is 12.9. The van der Waals surface area contributed by atoms with E-state index in [1.807, 2.05) is 0 Å². The summed E-state index contributed by atoms with van der Waals surface area (Å²) in [4.78, 5) is 0. The fourth-order valence-corrected chi connectivity index (χ4v) is 2.42. The summed E-state index contributed by atoms with van der Waals surface area (Å²) in [7, 11) is -2.89. The third kappa shape index (κ3) is 5.20. The molecule has 0 saturated carbocycles. The van der Waals surface area contributed by atoms with Gasteiger partial charge in [-0.2, -0.15) is 5.26 Å². The van der Waals surface area contributed by atoms with Gasteiger partial charge in [0.2, 0.25) is 0 Å². The van der Waals surface area contributed by atoms with Gasteiger partial charge in [0.25, 0.3) is 0 Å². The SMILES string of the molecule is CS(=O)(=O)CCCNc1ccc(C#N)c(Br)c1. The fourth-order valence-electron chi connectivity index (χ4n) is 1.28. The van der Waals surface area contributed by atoms with Crippen LogP contribution in [0.4, 0.5) is 5.69 Å². The van der Waals surface area contributed by atoms with Gasteiger partial charge < -0.3 is 5.32 Å². The molecule has 0 aromatic heterocycles. The molecule has 0 unspecified atom stereocenters. The molecule has 0 bridgehead atoms. The number of benzene rings is 1. The Balaban J connectivity index is 2.48. The predicted octanol–water partition coefficient (Wildman–Crippen LogP) is 2.17. The average molecular weight is 317 g/mol. The van der Waals surface area contributed by atoms with E-state index < -0.39 is 9.84 Å². The number of hydrogen-bond donors (Lipinski definition) is 1. The first kappa shape index (κ1) is 14.0. The number of nitrogens with one attached hydrogen (secondary N) is 1. The van der Waals surface area contributed by atoms with Crippen LogP contribution in [-0.4, -0.2) is 27.0 Å². The van der Waals surface area contributed by atoms with E-state index in [9.17, 15) is 8.42 Å². The number of halogens is 1. The Kier molecular flexibility index (Phi) is 4.97. The molecule has 0 spiro atoms. The van der Waals surface area contributed by atoms with Crippen LogP contribution in [0.1, 0.15) is 12.0 Å². The highest BCUT2D eigenvalue weighted by molar-refractivity contribution is 9.10. The summed E-state index contributed by atoms with van der Waals surface area (Å²) in [5, 5.41) is 11.9. The first-order chi connectivity index (χ1) is 7.92. The minimum Gasteiger partial charge on any atom is -0.385 e. The summed E-state index contributed by atoms with van der Waals surface area (Å²) in [5.41, 5.74) is 1.44. The van der Waals surface area contributed by atoms with Crippen molar-refractivity contribution in [2.45, 2.75) is 6.42 Å². The number of anilines is 1. The van der Waals surface area contributed by atoms with Gasteiger partial charge in [-0.25, -0.2) is 8.42 Å². The summed E-state index contributed by atoms with van der Waals surface area (Å²) < 4.78 is 22.5. The molecule has 0 aliphatic heterocycles. The van der Waals surface area contributed by atoms with Crippen LogP contribution in [0.25, 0.3) is 0 Å². The average Bonchev–Trinajstić information content (AvgIpc) is 2.23. The second-order valence-electron chi connectivity index (χ2n) is 3.72. The van der Waals surface area contributed by atoms with Crippen molar-refractivity contribution in [2.75, 3.05) is 23.9 Å². The molecule has 0 aliphatic rings. The lowest BCUT2D eigenvalue weighted by Crippen LogP contribution is -2.09. The third-order valence-electron chi connectivity index (χ3n) is 2.11. The molecule has 6 heteroatoms. The lowest BCUT2D eigenvalue weighted by molar-refractivity contribution is 0.600. The maximum atomic E-state index is 10.9. The molecule has 4 nitrogen and oxygen atoms in total. The highest BCUT2D eigenvalue weighted by Crippen LogP contribution is 2.20. The van der Waals surface area contributed by atoms with Gasteiger partial charge in [-0.1, -0.05) is 0 Å². The maximum absolute atomic E-state index is 10.9. The Morgan fingerprint density at radius 2 is 2.18 bits per heavy atom. The van der Waals surface area contributed by atoms with E-state index in [0.29, 0.717) is 18.5 Å². The predicted molar refractivity (Wildman–Crippen MR) is 71.7 cm³/mol. The molecular formula is C11H13BrN2O2S. The molecular weight excluding hydrogens is 304 g/mol. The Labute approximate surface area is 110 Å². The highest BCUT2D eigenvalue weighted by atomic mass is 79.9. The van der Waals surface area contributed by atoms with Crippen LogP contribution >= 0.6 is 15.9 Å². The van der Waals surface area contributed by atoms with Gasteiger partial charge in [-0.15, -0.1) is 0 Å². The van der Waals surface area contributed by atoms with Gasteiger partial charge in [-0.3, -0.25) is 0 Å². The van der Waals surface area contributed by atoms with Crippen LogP contribution in [0.2, 0.25) is 0 Å². The number of hydrogen-bond acceptors (Lipinski definition) is 4. The van der Waals surface area contributed by atoms with Gasteiger partial charge in [-0.05, 0) is 40.5 Å². The molecule has 17 heavy (non-hydrogen) atoms. The smallest absolute Gasteiger partial charge is 0.147 e. The molecule has 92 valence electrons. The first-order valence-corrected chi connectivity index (χ1v) is 7.89. The lowest BCUT2D eigenvalue weighted by atomic mass is 10.2. The van der Waals surface area contributed by atoms with Crippen LogP contribution in [0, 0.1) is 11.3 Å². The summed E-state index contributed by atoms with van der Waals surface area (Å²) in [5.74, 6) is 0.178. The zero-order valence-corrected chi connectivity index (χ0v) is 11.8. The second kappa shape index (κ2) is 6.03. The Morgan fingerprint density at radius 3 is 2.71 bits per heavy atom. The molecule has 0 amide bonds. The van der Waals surface area contributed by atoms with Gasteiger partial charge >= 0.3 is 0 Å². The third-order valence-corrected chi connectivity index (χ3v) is 3.80. The molecule has 0 atom stereocenters. The minimum absolute atomic E-state index is 0.178. The molecule has 1 aromatic rings. The van der Waals surface area contributed by atoms with Crippen molar-refractivity contribution >= 4 is 31.5 Å². The lowest BCUT2D eigenvalue weighted by Gasteiger charge is -2.06. The van der Waals surface area contributed by atoms with E-state index in [-0.39, 0.29) is 5.75 Å². The Morgan fingerprint density at radius 1 is 1.47 bits per heavy atom. The quantitative estimate of drug-likeness (QED) is 0.845. The number of sulfone groups is 1. The van der Waals surface area contributed by atoms with Gasteiger partial charge in [0, 0.05) is 23.0 Å². The summed E-state index contributed by atoms with van der Waals surface area (Å²) in [6, 6.07) is 7.37. The second-order valence-corrected chi connectivity index (χ2v) is 6.83. The number of nitrogens with zero attached hydrogens (tertiary/aromatic N) is 1. The number of rotatable bonds is 5. The highest BCUT2D eigenvalue weighted by Gasteiger charge is 2.02. The fraction of sp³-hybridized carbons (Fsp3) is 0.364. The first-order valence-electron chi connectivity index (χ1n) is 5.03. The van der Waals surface area contributed by atoms with E-state index in [1.165, 1.54) is 6.26 Å². The van der Waals surface area contributed by atoms with Crippen molar-refractivity contribution in [3.05, 3.63) is 28.2 Å². The molecule has 0 radical (unpaired) electrons. The molecule has 0 fully saturated rings. The van der Waals surface area contributed by atoms with E-state index in [4.69, 9.17) is 5.26 Å². The molecule has 0 aliphatic carbocycles. The molecule has 1 N–H and O–H groups in total. The summed E-state index contributed by atoms with van der Waals surface area (Å²) in [6.07, 6.45) is 1.79. The van der Waals surface area contributed by atoms with E-state index >= 15 is 0 Å². The summed E-state index contributed by atoms with van der Waals surface area (Å²) >= 11 is 3.29. The molecule has 1 aromatic carbocycles.